The van der Waals surface area contributed by atoms with Gasteiger partial charge in [0.2, 0.25) is 0 Å². The smallest absolute Gasteiger partial charge is 0.305 e. The van der Waals surface area contributed by atoms with Gasteiger partial charge in [0, 0.05) is 6.42 Å². The van der Waals surface area contributed by atoms with E-state index in [1.165, 1.54) is 0 Å². The summed E-state index contributed by atoms with van der Waals surface area (Å²) in [7, 11) is 0. The van der Waals surface area contributed by atoms with Crippen molar-refractivity contribution in [2.75, 3.05) is 13.2 Å². The van der Waals surface area contributed by atoms with Gasteiger partial charge in [0.15, 0.2) is 0 Å². The van der Waals surface area contributed by atoms with Crippen LogP contribution in [0.25, 0.3) is 0 Å². The summed E-state index contributed by atoms with van der Waals surface area (Å²) in [5, 5.41) is 17.3. The average molecular weight is 176 g/mol. The van der Waals surface area contributed by atoms with Crippen molar-refractivity contribution in [3.05, 3.63) is 0 Å². The first kappa shape index (κ1) is 11.4. The summed E-state index contributed by atoms with van der Waals surface area (Å²) < 4.78 is 4.67. The molecule has 0 radical (unpaired) electrons. The minimum Gasteiger partial charge on any atom is -0.466 e. The van der Waals surface area contributed by atoms with Gasteiger partial charge in [-0.3, -0.25) is 4.79 Å². The summed E-state index contributed by atoms with van der Waals surface area (Å²) in [6.07, 6.45) is 0.597. The van der Waals surface area contributed by atoms with Gasteiger partial charge in [-0.2, -0.15) is 0 Å². The Morgan fingerprint density at radius 3 is 2.75 bits per heavy atom. The van der Waals surface area contributed by atoms with Gasteiger partial charge >= 0.3 is 5.97 Å². The summed E-state index contributed by atoms with van der Waals surface area (Å²) in [4.78, 5) is 10.7. The lowest BCUT2D eigenvalue weighted by atomic mass is 10.1. The minimum absolute atomic E-state index is 0.247. The molecule has 0 saturated heterocycles. The molecule has 0 aliphatic rings. The molecule has 0 bridgehead atoms. The van der Waals surface area contributed by atoms with Gasteiger partial charge in [0.05, 0.1) is 19.3 Å². The highest BCUT2D eigenvalue weighted by Gasteiger charge is 2.05. The monoisotopic (exact) mass is 176 g/mol. The molecule has 0 spiro atoms. The summed E-state index contributed by atoms with van der Waals surface area (Å²) >= 11 is 0. The van der Waals surface area contributed by atoms with Crippen LogP contribution in [-0.4, -0.2) is 35.5 Å². The van der Waals surface area contributed by atoms with Crippen molar-refractivity contribution in [1.29, 1.82) is 0 Å². The first-order valence-corrected chi connectivity index (χ1v) is 4.15. The summed E-state index contributed by atoms with van der Waals surface area (Å²) in [5.41, 5.74) is 0. The molecule has 4 nitrogen and oxygen atoms in total. The van der Waals surface area contributed by atoms with Crippen LogP contribution in [0.3, 0.4) is 0 Å². The molecular formula is C8H16O4. The van der Waals surface area contributed by atoms with E-state index in [0.29, 0.717) is 25.9 Å². The number of aliphatic hydroxyl groups is 2. The molecule has 0 amide bonds. The first-order valence-electron chi connectivity index (χ1n) is 4.15. The molecule has 0 unspecified atom stereocenters. The molecule has 72 valence electrons. The highest BCUT2D eigenvalue weighted by Crippen LogP contribution is 2.01. The predicted octanol–water partition coefficient (Wildman–Crippen LogP) is 0.0730. The molecule has 0 aliphatic carbocycles. The van der Waals surface area contributed by atoms with Crippen molar-refractivity contribution in [2.24, 2.45) is 0 Å². The molecular weight excluding hydrogens is 160 g/mol. The van der Waals surface area contributed by atoms with E-state index in [4.69, 9.17) is 10.2 Å². The molecule has 0 aromatic heterocycles. The predicted molar refractivity (Wildman–Crippen MR) is 43.6 cm³/mol. The van der Waals surface area contributed by atoms with Crippen molar-refractivity contribution < 1.29 is 19.7 Å². The molecule has 0 rings (SSSR count). The first-order chi connectivity index (χ1) is 5.70. The maximum Gasteiger partial charge on any atom is 0.305 e. The Morgan fingerprint density at radius 2 is 2.25 bits per heavy atom. The van der Waals surface area contributed by atoms with Gasteiger partial charge in [-0.15, -0.1) is 0 Å². The summed E-state index contributed by atoms with van der Waals surface area (Å²) in [6, 6.07) is 0. The van der Waals surface area contributed by atoms with Crippen LogP contribution >= 0.6 is 0 Å². The zero-order valence-electron chi connectivity index (χ0n) is 7.32. The average Bonchev–Trinajstić information content (AvgIpc) is 2.04. The van der Waals surface area contributed by atoms with E-state index in [9.17, 15) is 4.79 Å². The topological polar surface area (TPSA) is 66.8 Å². The molecule has 2 N–H and O–H groups in total. The molecule has 0 aliphatic heterocycles. The van der Waals surface area contributed by atoms with E-state index in [-0.39, 0.29) is 12.6 Å². The van der Waals surface area contributed by atoms with Gasteiger partial charge in [0.1, 0.15) is 0 Å². The molecule has 0 aromatic rings. The number of aliphatic hydroxyl groups excluding tert-OH is 2. The lowest BCUT2D eigenvalue weighted by molar-refractivity contribution is -0.143. The number of rotatable bonds is 6. The van der Waals surface area contributed by atoms with Gasteiger partial charge in [-0.25, -0.2) is 0 Å². The summed E-state index contributed by atoms with van der Waals surface area (Å²) in [6.45, 7) is 1.89. The number of carbonyl (C=O) groups excluding carboxylic acids is 1. The standard InChI is InChI=1S/C8H16O4/c1-2-12-8(11)5-3-4-7(10)6-9/h7,9-10H,2-6H2,1H3/t7-/m1/s1. The van der Waals surface area contributed by atoms with E-state index < -0.39 is 6.10 Å². The Hall–Kier alpha value is -0.610. The lowest BCUT2D eigenvalue weighted by Gasteiger charge is -2.05. The molecule has 0 fully saturated rings. The summed E-state index contributed by atoms with van der Waals surface area (Å²) in [5.74, 6) is -0.248. The zero-order valence-corrected chi connectivity index (χ0v) is 7.32. The van der Waals surface area contributed by atoms with E-state index in [2.05, 4.69) is 4.74 Å². The molecule has 0 heterocycles. The number of hydrogen-bond donors (Lipinski definition) is 2. The van der Waals surface area contributed by atoms with E-state index >= 15 is 0 Å². The lowest BCUT2D eigenvalue weighted by Crippen LogP contribution is -2.12. The van der Waals surface area contributed by atoms with Crippen LogP contribution in [0.1, 0.15) is 26.2 Å². The second kappa shape index (κ2) is 7.06. The third-order valence-corrected chi connectivity index (χ3v) is 1.43. The van der Waals surface area contributed by atoms with Gasteiger partial charge in [0.25, 0.3) is 0 Å². The van der Waals surface area contributed by atoms with Gasteiger partial charge in [-0.1, -0.05) is 0 Å². The van der Waals surface area contributed by atoms with Crippen LogP contribution < -0.4 is 0 Å². The van der Waals surface area contributed by atoms with Crippen molar-refractivity contribution in [1.82, 2.24) is 0 Å². The Bertz CT molecular complexity index is 124. The number of ether oxygens (including phenoxy) is 1. The van der Waals surface area contributed by atoms with E-state index in [1.54, 1.807) is 6.92 Å². The normalized spacial score (nSPS) is 12.6. The maximum atomic E-state index is 10.7. The van der Waals surface area contributed by atoms with Crippen LogP contribution in [-0.2, 0) is 9.53 Å². The fourth-order valence-corrected chi connectivity index (χ4v) is 0.806. The molecule has 4 heteroatoms. The van der Waals surface area contributed by atoms with Crippen LogP contribution in [0.4, 0.5) is 0 Å². The number of esters is 1. The maximum absolute atomic E-state index is 10.7. The zero-order chi connectivity index (χ0) is 9.40. The third-order valence-electron chi connectivity index (χ3n) is 1.43. The van der Waals surface area contributed by atoms with E-state index in [1.807, 2.05) is 0 Å². The minimum atomic E-state index is -0.709. The highest BCUT2D eigenvalue weighted by molar-refractivity contribution is 5.69. The third kappa shape index (κ3) is 6.12. The highest BCUT2D eigenvalue weighted by atomic mass is 16.5. The van der Waals surface area contributed by atoms with Crippen molar-refractivity contribution >= 4 is 5.97 Å². The fraction of sp³-hybridized carbons (Fsp3) is 0.875. The van der Waals surface area contributed by atoms with Crippen LogP contribution in [0.5, 0.6) is 0 Å². The molecule has 1 atom stereocenters. The Labute approximate surface area is 72.2 Å². The molecule has 0 aromatic carbocycles. The number of hydrogen-bond acceptors (Lipinski definition) is 4. The van der Waals surface area contributed by atoms with Crippen LogP contribution in [0.15, 0.2) is 0 Å². The Balaban J connectivity index is 3.24. The fourth-order valence-electron chi connectivity index (χ4n) is 0.806. The van der Waals surface area contributed by atoms with Gasteiger partial charge in [-0.05, 0) is 19.8 Å². The second-order valence-electron chi connectivity index (χ2n) is 2.53. The molecule has 0 saturated carbocycles. The second-order valence-corrected chi connectivity index (χ2v) is 2.53. The van der Waals surface area contributed by atoms with Crippen LogP contribution in [0.2, 0.25) is 0 Å². The van der Waals surface area contributed by atoms with Crippen molar-refractivity contribution in [2.45, 2.75) is 32.3 Å². The van der Waals surface area contributed by atoms with Crippen LogP contribution in [0, 0.1) is 0 Å². The Morgan fingerprint density at radius 1 is 1.58 bits per heavy atom. The SMILES string of the molecule is CCOC(=O)CCC[C@@H](O)CO. The van der Waals surface area contributed by atoms with E-state index in [0.717, 1.165) is 0 Å². The van der Waals surface area contributed by atoms with Crippen molar-refractivity contribution in [3.8, 4) is 0 Å². The Kier molecular flexibility index (Phi) is 6.70. The number of carbonyl (C=O) groups is 1. The van der Waals surface area contributed by atoms with Gasteiger partial charge < -0.3 is 14.9 Å². The molecule has 12 heavy (non-hydrogen) atoms. The van der Waals surface area contributed by atoms with Crippen molar-refractivity contribution in [3.63, 3.8) is 0 Å². The quantitative estimate of drug-likeness (QED) is 0.562. The largest absolute Gasteiger partial charge is 0.466 e.